The summed E-state index contributed by atoms with van der Waals surface area (Å²) < 4.78 is 5.07. The molecule has 1 aromatic carbocycles. The number of carbonyl (C=O) groups excluding carboxylic acids is 1. The van der Waals surface area contributed by atoms with Crippen molar-refractivity contribution in [3.05, 3.63) is 42.5 Å². The highest BCUT2D eigenvalue weighted by Gasteiger charge is 2.28. The number of carbonyl (C=O) groups is 1. The first kappa shape index (κ1) is 14.3. The molecule has 6 heteroatoms. The van der Waals surface area contributed by atoms with Crippen LogP contribution in [0.2, 0.25) is 0 Å². The summed E-state index contributed by atoms with van der Waals surface area (Å²) >= 11 is 1.37. The molecule has 104 valence electrons. The Morgan fingerprint density at radius 3 is 2.85 bits per heavy atom. The zero-order chi connectivity index (χ0) is 14.4. The number of rotatable bonds is 5. The van der Waals surface area contributed by atoms with Crippen molar-refractivity contribution in [2.24, 2.45) is 10.2 Å². The zero-order valence-electron chi connectivity index (χ0n) is 11.1. The minimum atomic E-state index is -0.151. The van der Waals surface area contributed by atoms with Crippen LogP contribution in [0.4, 0.5) is 0 Å². The van der Waals surface area contributed by atoms with Crippen molar-refractivity contribution in [2.75, 3.05) is 7.11 Å². The van der Waals surface area contributed by atoms with Gasteiger partial charge in [0.05, 0.1) is 18.6 Å². The number of amidine groups is 1. The quantitative estimate of drug-likeness (QED) is 0.513. The lowest BCUT2D eigenvalue weighted by Crippen LogP contribution is -2.24. The number of hydrogen-bond donors (Lipinski definition) is 1. The smallest absolute Gasteiger partial charge is 0.239 e. The Labute approximate surface area is 121 Å². The summed E-state index contributed by atoms with van der Waals surface area (Å²) in [4.78, 5) is 11.6. The van der Waals surface area contributed by atoms with E-state index in [9.17, 15) is 4.79 Å². The van der Waals surface area contributed by atoms with Gasteiger partial charge in [-0.1, -0.05) is 17.8 Å². The van der Waals surface area contributed by atoms with E-state index in [1.807, 2.05) is 24.3 Å². The molecule has 1 N–H and O–H groups in total. The Kier molecular flexibility index (Phi) is 4.95. The molecule has 20 heavy (non-hydrogen) atoms. The molecule has 0 radical (unpaired) electrons. The average molecular weight is 289 g/mol. The van der Waals surface area contributed by atoms with E-state index in [4.69, 9.17) is 4.74 Å². The Balaban J connectivity index is 1.96. The maximum atomic E-state index is 11.6. The molecular weight excluding hydrogens is 274 g/mol. The van der Waals surface area contributed by atoms with E-state index in [2.05, 4.69) is 22.1 Å². The standard InChI is InChI=1S/C14H15N3O2S/c1-3-4-12-13(18)16-14(20-12)17-15-9-10-5-7-11(19-2)8-6-10/h3,5-9,12H,1,4H2,2H3,(H,16,17,18)/b15-9+. The second-order valence-corrected chi connectivity index (χ2v) is 5.23. The Morgan fingerprint density at radius 2 is 2.20 bits per heavy atom. The van der Waals surface area contributed by atoms with E-state index in [1.54, 1.807) is 19.4 Å². The topological polar surface area (TPSA) is 63.1 Å². The van der Waals surface area contributed by atoms with Gasteiger partial charge >= 0.3 is 0 Å². The van der Waals surface area contributed by atoms with Gasteiger partial charge in [0.25, 0.3) is 0 Å². The molecule has 2 rings (SSSR count). The second-order valence-electron chi connectivity index (χ2n) is 4.04. The van der Waals surface area contributed by atoms with Gasteiger partial charge in [-0.05, 0) is 36.2 Å². The molecule has 1 aliphatic heterocycles. The van der Waals surface area contributed by atoms with Crippen LogP contribution in [0.5, 0.6) is 5.75 Å². The molecule has 0 aromatic heterocycles. The average Bonchev–Trinajstić information content (AvgIpc) is 2.80. The number of nitrogens with zero attached hydrogens (tertiary/aromatic N) is 2. The van der Waals surface area contributed by atoms with Crippen molar-refractivity contribution >= 4 is 29.1 Å². The van der Waals surface area contributed by atoms with Crippen LogP contribution in [0, 0.1) is 0 Å². The van der Waals surface area contributed by atoms with Crippen LogP contribution in [0.3, 0.4) is 0 Å². The normalized spacial score (nSPS) is 20.4. The number of amides is 1. The third-order valence-corrected chi connectivity index (χ3v) is 3.73. The Bertz CT molecular complexity index is 552. The largest absolute Gasteiger partial charge is 0.497 e. The van der Waals surface area contributed by atoms with Gasteiger partial charge in [0, 0.05) is 0 Å². The summed E-state index contributed by atoms with van der Waals surface area (Å²) in [6, 6.07) is 7.45. The molecule has 0 bridgehead atoms. The molecule has 1 amide bonds. The van der Waals surface area contributed by atoms with E-state index in [0.29, 0.717) is 11.6 Å². The summed E-state index contributed by atoms with van der Waals surface area (Å²) in [6.07, 6.45) is 3.97. The molecular formula is C14H15N3O2S. The third-order valence-electron chi connectivity index (χ3n) is 2.63. The van der Waals surface area contributed by atoms with Crippen LogP contribution in [0.15, 0.2) is 47.1 Å². The number of ether oxygens (including phenoxy) is 1. The molecule has 1 unspecified atom stereocenters. The fourth-order valence-electron chi connectivity index (χ4n) is 1.60. The molecule has 0 aliphatic carbocycles. The maximum absolute atomic E-state index is 11.6. The summed E-state index contributed by atoms with van der Waals surface area (Å²) in [5.41, 5.74) is 0.909. The SMILES string of the molecule is C=CCC1S/C(=N\N=C\c2ccc(OC)cc2)NC1=O. The molecule has 0 saturated carbocycles. The van der Waals surface area contributed by atoms with Gasteiger partial charge in [-0.3, -0.25) is 4.79 Å². The van der Waals surface area contributed by atoms with E-state index in [-0.39, 0.29) is 11.2 Å². The molecule has 1 fully saturated rings. The van der Waals surface area contributed by atoms with E-state index < -0.39 is 0 Å². The van der Waals surface area contributed by atoms with Crippen LogP contribution < -0.4 is 10.1 Å². The summed E-state index contributed by atoms with van der Waals surface area (Å²) in [7, 11) is 1.62. The predicted octanol–water partition coefficient (Wildman–Crippen LogP) is 2.19. The fourth-order valence-corrected chi connectivity index (χ4v) is 2.52. The van der Waals surface area contributed by atoms with Crippen LogP contribution in [0.1, 0.15) is 12.0 Å². The Hall–Kier alpha value is -2.08. The van der Waals surface area contributed by atoms with Crippen molar-refractivity contribution in [2.45, 2.75) is 11.7 Å². The van der Waals surface area contributed by atoms with Crippen molar-refractivity contribution in [1.82, 2.24) is 5.32 Å². The van der Waals surface area contributed by atoms with Gasteiger partial charge in [0.15, 0.2) is 5.17 Å². The molecule has 1 atom stereocenters. The number of methoxy groups -OCH3 is 1. The number of benzene rings is 1. The maximum Gasteiger partial charge on any atom is 0.239 e. The highest BCUT2D eigenvalue weighted by atomic mass is 32.2. The lowest BCUT2D eigenvalue weighted by molar-refractivity contribution is -0.118. The van der Waals surface area contributed by atoms with Crippen LogP contribution in [0.25, 0.3) is 0 Å². The Morgan fingerprint density at radius 1 is 1.45 bits per heavy atom. The minimum Gasteiger partial charge on any atom is -0.497 e. The highest BCUT2D eigenvalue weighted by molar-refractivity contribution is 8.15. The highest BCUT2D eigenvalue weighted by Crippen LogP contribution is 2.22. The first-order valence-electron chi connectivity index (χ1n) is 6.06. The fraction of sp³-hybridized carbons (Fsp3) is 0.214. The van der Waals surface area contributed by atoms with E-state index in [1.165, 1.54) is 11.8 Å². The van der Waals surface area contributed by atoms with Crippen molar-refractivity contribution < 1.29 is 9.53 Å². The number of hydrogen-bond acceptors (Lipinski definition) is 5. The first-order valence-corrected chi connectivity index (χ1v) is 6.94. The monoisotopic (exact) mass is 289 g/mol. The van der Waals surface area contributed by atoms with Gasteiger partial charge in [0.1, 0.15) is 5.75 Å². The van der Waals surface area contributed by atoms with Gasteiger partial charge < -0.3 is 10.1 Å². The van der Waals surface area contributed by atoms with Crippen molar-refractivity contribution in [3.8, 4) is 5.75 Å². The zero-order valence-corrected chi connectivity index (χ0v) is 11.9. The van der Waals surface area contributed by atoms with Crippen LogP contribution in [-0.2, 0) is 4.79 Å². The number of nitrogens with one attached hydrogen (secondary N) is 1. The molecule has 1 heterocycles. The van der Waals surface area contributed by atoms with E-state index >= 15 is 0 Å². The number of allylic oxidation sites excluding steroid dienone is 1. The van der Waals surface area contributed by atoms with Gasteiger partial charge in [-0.15, -0.1) is 11.7 Å². The first-order chi connectivity index (χ1) is 9.72. The summed E-state index contributed by atoms with van der Waals surface area (Å²) in [5, 5.41) is 11.0. The van der Waals surface area contributed by atoms with Gasteiger partial charge in [0.2, 0.25) is 5.91 Å². The van der Waals surface area contributed by atoms with Crippen molar-refractivity contribution in [3.63, 3.8) is 0 Å². The summed E-state index contributed by atoms with van der Waals surface area (Å²) in [6.45, 7) is 3.63. The lowest BCUT2D eigenvalue weighted by Gasteiger charge is -1.98. The molecule has 1 aliphatic rings. The third kappa shape index (κ3) is 3.71. The van der Waals surface area contributed by atoms with Crippen LogP contribution >= 0.6 is 11.8 Å². The van der Waals surface area contributed by atoms with Crippen molar-refractivity contribution in [1.29, 1.82) is 0 Å². The molecule has 1 saturated heterocycles. The summed E-state index contributed by atoms with van der Waals surface area (Å²) in [5.74, 6) is 0.743. The molecule has 5 nitrogen and oxygen atoms in total. The molecule has 0 spiro atoms. The van der Waals surface area contributed by atoms with Gasteiger partial charge in [-0.2, -0.15) is 5.10 Å². The minimum absolute atomic E-state index is 0.0479. The van der Waals surface area contributed by atoms with Gasteiger partial charge in [-0.25, -0.2) is 0 Å². The second kappa shape index (κ2) is 6.91. The number of thioether (sulfide) groups is 1. The molecule has 1 aromatic rings. The predicted molar refractivity (Wildman–Crippen MR) is 82.4 cm³/mol. The lowest BCUT2D eigenvalue weighted by atomic mass is 10.2. The van der Waals surface area contributed by atoms with Crippen LogP contribution in [-0.4, -0.2) is 29.6 Å². The van der Waals surface area contributed by atoms with E-state index in [0.717, 1.165) is 11.3 Å².